The van der Waals surface area contributed by atoms with Crippen LogP contribution in [0.4, 0.5) is 0 Å². The number of rotatable bonds is 1. The topological polar surface area (TPSA) is 77.8 Å². The minimum absolute atomic E-state index is 0.0880. The van der Waals surface area contributed by atoms with Gasteiger partial charge in [0.2, 0.25) is 0 Å². The number of hydrogen-bond donors (Lipinski definition) is 3. The van der Waals surface area contributed by atoms with Crippen molar-refractivity contribution >= 4 is 5.97 Å². The average Bonchev–Trinajstić information content (AvgIpc) is 2.05. The van der Waals surface area contributed by atoms with E-state index < -0.39 is 5.97 Å². The summed E-state index contributed by atoms with van der Waals surface area (Å²) in [5, 5.41) is 24.9. The Morgan fingerprint density at radius 2 is 1.69 bits per heavy atom. The van der Waals surface area contributed by atoms with Crippen molar-refractivity contribution in [1.29, 1.82) is 0 Å². The fraction of sp³-hybridized carbons (Fsp3) is 0. The molecule has 0 aliphatic heterocycles. The van der Waals surface area contributed by atoms with E-state index in [-0.39, 0.29) is 11.5 Å². The summed E-state index contributed by atoms with van der Waals surface area (Å²) in [4.78, 5) is 9.25. The molecule has 0 atom stereocenters. The van der Waals surface area contributed by atoms with Crippen molar-refractivity contribution in [3.8, 4) is 11.5 Å². The second-order valence-electron chi connectivity index (χ2n) is 2.06. The second kappa shape index (κ2) is 5.65. The van der Waals surface area contributed by atoms with Crippen molar-refractivity contribution < 1.29 is 20.1 Å². The van der Waals surface area contributed by atoms with Crippen molar-refractivity contribution in [2.75, 3.05) is 0 Å². The summed E-state index contributed by atoms with van der Waals surface area (Å²) in [6.07, 6.45) is 0.833. The molecule has 0 saturated carbocycles. The first-order chi connectivity index (χ1) is 6.06. The highest BCUT2D eigenvalue weighted by Crippen LogP contribution is 2.14. The molecule has 0 bridgehead atoms. The van der Waals surface area contributed by atoms with Gasteiger partial charge in [0.15, 0.2) is 0 Å². The van der Waals surface area contributed by atoms with Crippen LogP contribution in [0.25, 0.3) is 0 Å². The van der Waals surface area contributed by atoms with Gasteiger partial charge >= 0.3 is 5.97 Å². The molecular formula is C9H10O4. The lowest BCUT2D eigenvalue weighted by atomic mass is 10.3. The first kappa shape index (κ1) is 11.0. The van der Waals surface area contributed by atoms with Crippen molar-refractivity contribution in [3.05, 3.63) is 36.9 Å². The normalized spacial score (nSPS) is 8.00. The highest BCUT2D eigenvalue weighted by Gasteiger charge is 1.85. The maximum atomic E-state index is 9.25. The Labute approximate surface area is 75.4 Å². The van der Waals surface area contributed by atoms with Crippen LogP contribution in [0.1, 0.15) is 0 Å². The van der Waals surface area contributed by atoms with Crippen LogP contribution in [0, 0.1) is 0 Å². The molecule has 1 aromatic rings. The van der Waals surface area contributed by atoms with E-state index in [1.54, 1.807) is 6.07 Å². The first-order valence-corrected chi connectivity index (χ1v) is 3.39. The molecule has 3 N–H and O–H groups in total. The van der Waals surface area contributed by atoms with Gasteiger partial charge < -0.3 is 15.3 Å². The Balaban J connectivity index is 0.000000252. The SMILES string of the molecule is C=CC(=O)O.Oc1cccc(O)c1. The quantitative estimate of drug-likeness (QED) is 0.573. The van der Waals surface area contributed by atoms with Crippen LogP contribution in [-0.2, 0) is 4.79 Å². The zero-order chi connectivity index (χ0) is 10.3. The number of benzene rings is 1. The van der Waals surface area contributed by atoms with Gasteiger partial charge in [-0.3, -0.25) is 0 Å². The fourth-order valence-corrected chi connectivity index (χ4v) is 0.493. The lowest BCUT2D eigenvalue weighted by Crippen LogP contribution is -1.82. The maximum Gasteiger partial charge on any atom is 0.327 e. The molecule has 0 saturated heterocycles. The van der Waals surface area contributed by atoms with Gasteiger partial charge in [0.1, 0.15) is 11.5 Å². The molecule has 70 valence electrons. The van der Waals surface area contributed by atoms with E-state index in [1.165, 1.54) is 18.2 Å². The standard InChI is InChI=1S/C6H6O2.C3H4O2/c7-5-2-1-3-6(8)4-5;1-2-3(4)5/h1-4,7-8H;2H,1H2,(H,4,5). The van der Waals surface area contributed by atoms with E-state index in [9.17, 15) is 4.79 Å². The molecule has 4 nitrogen and oxygen atoms in total. The van der Waals surface area contributed by atoms with Gasteiger partial charge in [-0.25, -0.2) is 4.79 Å². The van der Waals surface area contributed by atoms with Gasteiger partial charge in [-0.2, -0.15) is 0 Å². The molecule has 0 spiro atoms. The van der Waals surface area contributed by atoms with Gasteiger partial charge in [-0.1, -0.05) is 12.6 Å². The Hall–Kier alpha value is -1.97. The van der Waals surface area contributed by atoms with Crippen LogP contribution in [0.2, 0.25) is 0 Å². The molecule has 1 rings (SSSR count). The number of phenols is 2. The van der Waals surface area contributed by atoms with Crippen LogP contribution >= 0.6 is 0 Å². The summed E-state index contributed by atoms with van der Waals surface area (Å²) < 4.78 is 0. The molecule has 1 aromatic carbocycles. The maximum absolute atomic E-state index is 9.25. The molecule has 0 aliphatic carbocycles. The minimum Gasteiger partial charge on any atom is -0.508 e. The molecule has 0 fully saturated rings. The highest BCUT2D eigenvalue weighted by molar-refractivity contribution is 5.78. The molecule has 0 heterocycles. The molecule has 0 radical (unpaired) electrons. The summed E-state index contributed by atoms with van der Waals surface area (Å²) in [5.74, 6) is -0.806. The van der Waals surface area contributed by atoms with Crippen LogP contribution in [0.15, 0.2) is 36.9 Å². The van der Waals surface area contributed by atoms with E-state index in [1.807, 2.05) is 0 Å². The zero-order valence-corrected chi connectivity index (χ0v) is 6.84. The van der Waals surface area contributed by atoms with Crippen molar-refractivity contribution in [3.63, 3.8) is 0 Å². The molecular weight excluding hydrogens is 172 g/mol. The van der Waals surface area contributed by atoms with E-state index in [0.717, 1.165) is 6.08 Å². The van der Waals surface area contributed by atoms with Gasteiger partial charge in [0.25, 0.3) is 0 Å². The van der Waals surface area contributed by atoms with Gasteiger partial charge in [-0.05, 0) is 12.1 Å². The number of hydrogen-bond acceptors (Lipinski definition) is 3. The largest absolute Gasteiger partial charge is 0.508 e. The molecule has 0 amide bonds. The molecule has 13 heavy (non-hydrogen) atoms. The third-order valence-electron chi connectivity index (χ3n) is 1.00. The Morgan fingerprint density at radius 1 is 1.31 bits per heavy atom. The predicted molar refractivity (Wildman–Crippen MR) is 47.6 cm³/mol. The number of phenolic OH excluding ortho intramolecular Hbond substituents is 2. The highest BCUT2D eigenvalue weighted by atomic mass is 16.4. The number of aromatic hydroxyl groups is 2. The minimum atomic E-state index is -0.981. The number of carboxylic acids is 1. The number of aliphatic carboxylic acids is 1. The lowest BCUT2D eigenvalue weighted by Gasteiger charge is -1.89. The smallest absolute Gasteiger partial charge is 0.327 e. The van der Waals surface area contributed by atoms with E-state index in [4.69, 9.17) is 15.3 Å². The lowest BCUT2D eigenvalue weighted by molar-refractivity contribution is -0.131. The number of carbonyl (C=O) groups is 1. The predicted octanol–water partition coefficient (Wildman–Crippen LogP) is 1.35. The Kier molecular flexibility index (Phi) is 4.79. The third-order valence-corrected chi connectivity index (χ3v) is 1.00. The monoisotopic (exact) mass is 182 g/mol. The first-order valence-electron chi connectivity index (χ1n) is 3.39. The van der Waals surface area contributed by atoms with Gasteiger partial charge in [0, 0.05) is 12.1 Å². The van der Waals surface area contributed by atoms with Crippen LogP contribution in [0.5, 0.6) is 11.5 Å². The summed E-state index contributed by atoms with van der Waals surface area (Å²) in [5.41, 5.74) is 0. The van der Waals surface area contributed by atoms with E-state index in [2.05, 4.69) is 6.58 Å². The fourth-order valence-electron chi connectivity index (χ4n) is 0.493. The Morgan fingerprint density at radius 3 is 1.85 bits per heavy atom. The Bertz CT molecular complexity index is 276. The average molecular weight is 182 g/mol. The molecule has 4 heteroatoms. The molecule has 0 unspecified atom stereocenters. The molecule has 0 aliphatic rings. The van der Waals surface area contributed by atoms with Gasteiger partial charge in [-0.15, -0.1) is 0 Å². The summed E-state index contributed by atoms with van der Waals surface area (Å²) >= 11 is 0. The zero-order valence-electron chi connectivity index (χ0n) is 6.84. The van der Waals surface area contributed by atoms with Gasteiger partial charge in [0.05, 0.1) is 0 Å². The summed E-state index contributed by atoms with van der Waals surface area (Å²) in [7, 11) is 0. The summed E-state index contributed by atoms with van der Waals surface area (Å²) in [6, 6.07) is 5.85. The van der Waals surface area contributed by atoms with Crippen LogP contribution < -0.4 is 0 Å². The van der Waals surface area contributed by atoms with E-state index in [0.29, 0.717) is 0 Å². The van der Waals surface area contributed by atoms with Crippen molar-refractivity contribution in [1.82, 2.24) is 0 Å². The van der Waals surface area contributed by atoms with E-state index >= 15 is 0 Å². The number of carboxylic acid groups (broad SMARTS) is 1. The third kappa shape index (κ3) is 6.43. The van der Waals surface area contributed by atoms with Crippen molar-refractivity contribution in [2.24, 2.45) is 0 Å². The summed E-state index contributed by atoms with van der Waals surface area (Å²) in [6.45, 7) is 2.96. The van der Waals surface area contributed by atoms with Crippen molar-refractivity contribution in [2.45, 2.75) is 0 Å². The van der Waals surface area contributed by atoms with Crippen LogP contribution in [0.3, 0.4) is 0 Å². The molecule has 0 aromatic heterocycles. The van der Waals surface area contributed by atoms with Crippen LogP contribution in [-0.4, -0.2) is 21.3 Å². The second-order valence-corrected chi connectivity index (χ2v) is 2.06.